The van der Waals surface area contributed by atoms with Gasteiger partial charge in [-0.3, -0.25) is 0 Å². The third kappa shape index (κ3) is 1.95. The summed E-state index contributed by atoms with van der Waals surface area (Å²) in [6.45, 7) is 4.09. The molecule has 2 aromatic rings. The van der Waals surface area contributed by atoms with Crippen LogP contribution in [0.4, 0.5) is 5.82 Å². The zero-order chi connectivity index (χ0) is 12.4. The van der Waals surface area contributed by atoms with Crippen molar-refractivity contribution in [3.05, 3.63) is 24.3 Å². The van der Waals surface area contributed by atoms with Gasteiger partial charge in [-0.1, -0.05) is 0 Å². The van der Waals surface area contributed by atoms with E-state index < -0.39 is 0 Å². The number of nitrogens with zero attached hydrogens (tertiary/aromatic N) is 2. The fraction of sp³-hybridized carbons (Fsp3) is 0.308. The molecular formula is C13H14N2O2. The molecule has 0 unspecified atom stereocenters. The summed E-state index contributed by atoms with van der Waals surface area (Å²) in [5, 5.41) is 1.04. The Hall–Kier alpha value is -2.06. The Morgan fingerprint density at radius 3 is 2.71 bits per heavy atom. The van der Waals surface area contributed by atoms with Crippen molar-refractivity contribution in [2.45, 2.75) is 19.9 Å². The maximum Gasteiger partial charge on any atom is 0.242 e. The maximum atomic E-state index is 10.4. The molecule has 0 amide bonds. The van der Waals surface area contributed by atoms with Crippen LogP contribution in [0.1, 0.15) is 19.9 Å². The number of isocyanates is 1. The fourth-order valence-electron chi connectivity index (χ4n) is 1.99. The van der Waals surface area contributed by atoms with E-state index in [1.165, 1.54) is 0 Å². The zero-order valence-electron chi connectivity index (χ0n) is 10.1. The smallest absolute Gasteiger partial charge is 0.242 e. The Kier molecular flexibility index (Phi) is 2.98. The third-order valence-corrected chi connectivity index (χ3v) is 2.71. The molecular weight excluding hydrogens is 216 g/mol. The first kappa shape index (κ1) is 11.4. The largest absolute Gasteiger partial charge is 0.497 e. The average Bonchev–Trinajstić information content (AvgIpc) is 2.66. The van der Waals surface area contributed by atoms with Gasteiger partial charge in [-0.05, 0) is 32.0 Å². The number of carbonyl (C=O) groups excluding carboxylic acids is 1. The van der Waals surface area contributed by atoms with E-state index in [2.05, 4.69) is 4.99 Å². The first-order valence-corrected chi connectivity index (χ1v) is 5.44. The van der Waals surface area contributed by atoms with Gasteiger partial charge in [-0.25, -0.2) is 4.79 Å². The minimum absolute atomic E-state index is 0.215. The van der Waals surface area contributed by atoms with Gasteiger partial charge < -0.3 is 9.30 Å². The van der Waals surface area contributed by atoms with Crippen molar-refractivity contribution < 1.29 is 9.53 Å². The molecule has 0 N–H and O–H groups in total. The van der Waals surface area contributed by atoms with Gasteiger partial charge in [0.1, 0.15) is 11.6 Å². The molecule has 88 valence electrons. The Labute approximate surface area is 99.5 Å². The normalized spacial score (nSPS) is 10.6. The summed E-state index contributed by atoms with van der Waals surface area (Å²) in [4.78, 5) is 14.2. The summed E-state index contributed by atoms with van der Waals surface area (Å²) >= 11 is 0. The molecule has 17 heavy (non-hydrogen) atoms. The molecule has 1 aromatic carbocycles. The van der Waals surface area contributed by atoms with E-state index in [-0.39, 0.29) is 6.04 Å². The summed E-state index contributed by atoms with van der Waals surface area (Å²) in [6, 6.07) is 7.88. The van der Waals surface area contributed by atoms with Crippen LogP contribution < -0.4 is 4.74 Å². The zero-order valence-corrected chi connectivity index (χ0v) is 10.1. The molecule has 0 radical (unpaired) electrons. The lowest BCUT2D eigenvalue weighted by atomic mass is 10.2. The number of hydrogen-bond donors (Lipinski definition) is 0. The summed E-state index contributed by atoms with van der Waals surface area (Å²) in [6.07, 6.45) is 1.59. The van der Waals surface area contributed by atoms with Crippen molar-refractivity contribution in [2.75, 3.05) is 7.11 Å². The quantitative estimate of drug-likeness (QED) is 0.600. The standard InChI is InChI=1S/C13H14N2O2/c1-9(2)15-12-7-11(17-3)5-4-10(12)6-13(15)14-8-16/h4-7,9H,1-3H3. The van der Waals surface area contributed by atoms with Gasteiger partial charge in [0.25, 0.3) is 0 Å². The van der Waals surface area contributed by atoms with E-state index in [9.17, 15) is 4.79 Å². The van der Waals surface area contributed by atoms with Crippen LogP contribution in [0, 0.1) is 0 Å². The first-order chi connectivity index (χ1) is 8.17. The van der Waals surface area contributed by atoms with Gasteiger partial charge in [0.15, 0.2) is 0 Å². The van der Waals surface area contributed by atoms with Gasteiger partial charge in [-0.15, -0.1) is 4.99 Å². The van der Waals surface area contributed by atoms with Gasteiger partial charge in [0.05, 0.1) is 12.6 Å². The van der Waals surface area contributed by atoms with Gasteiger partial charge in [0, 0.05) is 17.5 Å². The molecule has 0 aliphatic carbocycles. The van der Waals surface area contributed by atoms with Crippen LogP contribution in [0.25, 0.3) is 10.9 Å². The molecule has 1 heterocycles. The second-order valence-electron chi connectivity index (χ2n) is 4.09. The lowest BCUT2D eigenvalue weighted by Gasteiger charge is -2.11. The molecule has 0 fully saturated rings. The Morgan fingerprint density at radius 2 is 2.12 bits per heavy atom. The van der Waals surface area contributed by atoms with E-state index >= 15 is 0 Å². The molecule has 0 saturated carbocycles. The molecule has 4 nitrogen and oxygen atoms in total. The van der Waals surface area contributed by atoms with Crippen LogP contribution >= 0.6 is 0 Å². The summed E-state index contributed by atoms with van der Waals surface area (Å²) in [7, 11) is 1.63. The van der Waals surface area contributed by atoms with Gasteiger partial charge in [0.2, 0.25) is 6.08 Å². The van der Waals surface area contributed by atoms with E-state index in [0.717, 1.165) is 16.7 Å². The Morgan fingerprint density at radius 1 is 1.35 bits per heavy atom. The van der Waals surface area contributed by atoms with Crippen molar-refractivity contribution in [2.24, 2.45) is 4.99 Å². The number of hydrogen-bond acceptors (Lipinski definition) is 3. The molecule has 2 rings (SSSR count). The summed E-state index contributed by atoms with van der Waals surface area (Å²) < 4.78 is 7.19. The van der Waals surface area contributed by atoms with Gasteiger partial charge in [-0.2, -0.15) is 0 Å². The van der Waals surface area contributed by atoms with E-state index in [1.807, 2.05) is 42.7 Å². The number of aromatic nitrogens is 1. The van der Waals surface area contributed by atoms with Crippen LogP contribution in [0.3, 0.4) is 0 Å². The van der Waals surface area contributed by atoms with Crippen molar-refractivity contribution in [3.63, 3.8) is 0 Å². The highest BCUT2D eigenvalue weighted by atomic mass is 16.5. The second kappa shape index (κ2) is 4.44. The second-order valence-corrected chi connectivity index (χ2v) is 4.09. The molecule has 0 atom stereocenters. The molecule has 0 aliphatic rings. The maximum absolute atomic E-state index is 10.4. The fourth-order valence-corrected chi connectivity index (χ4v) is 1.99. The highest BCUT2D eigenvalue weighted by Crippen LogP contribution is 2.31. The lowest BCUT2D eigenvalue weighted by Crippen LogP contribution is -1.99. The highest BCUT2D eigenvalue weighted by molar-refractivity contribution is 5.86. The minimum atomic E-state index is 0.215. The van der Waals surface area contributed by atoms with Crippen LogP contribution in [-0.4, -0.2) is 17.8 Å². The van der Waals surface area contributed by atoms with Crippen molar-refractivity contribution in [3.8, 4) is 5.75 Å². The number of methoxy groups -OCH3 is 1. The van der Waals surface area contributed by atoms with E-state index in [4.69, 9.17) is 4.74 Å². The average molecular weight is 230 g/mol. The monoisotopic (exact) mass is 230 g/mol. The highest BCUT2D eigenvalue weighted by Gasteiger charge is 2.11. The molecule has 1 aromatic heterocycles. The van der Waals surface area contributed by atoms with E-state index in [0.29, 0.717) is 5.82 Å². The topological polar surface area (TPSA) is 43.6 Å². The van der Waals surface area contributed by atoms with Crippen LogP contribution in [0.15, 0.2) is 29.3 Å². The molecule has 0 aliphatic heterocycles. The Balaban J connectivity index is 2.76. The van der Waals surface area contributed by atoms with Crippen LogP contribution in [-0.2, 0) is 4.79 Å². The number of rotatable bonds is 3. The van der Waals surface area contributed by atoms with E-state index in [1.54, 1.807) is 13.2 Å². The number of ether oxygens (including phenoxy) is 1. The number of aliphatic imine (C=N–C) groups is 1. The van der Waals surface area contributed by atoms with Crippen molar-refractivity contribution >= 4 is 22.8 Å². The first-order valence-electron chi connectivity index (χ1n) is 5.44. The van der Waals surface area contributed by atoms with Crippen LogP contribution in [0.5, 0.6) is 5.75 Å². The Bertz CT molecular complexity index is 593. The molecule has 0 spiro atoms. The molecule has 0 saturated heterocycles. The summed E-state index contributed by atoms with van der Waals surface area (Å²) in [5.41, 5.74) is 1.01. The van der Waals surface area contributed by atoms with Crippen molar-refractivity contribution in [1.29, 1.82) is 0 Å². The number of fused-ring (bicyclic) bond motifs is 1. The molecule has 0 bridgehead atoms. The summed E-state index contributed by atoms with van der Waals surface area (Å²) in [5.74, 6) is 1.41. The predicted molar refractivity (Wildman–Crippen MR) is 66.7 cm³/mol. The number of benzene rings is 1. The SMILES string of the molecule is COc1ccc2cc(N=C=O)n(C(C)C)c2c1. The third-order valence-electron chi connectivity index (χ3n) is 2.71. The van der Waals surface area contributed by atoms with Crippen LogP contribution in [0.2, 0.25) is 0 Å². The van der Waals surface area contributed by atoms with Crippen molar-refractivity contribution in [1.82, 2.24) is 4.57 Å². The minimum Gasteiger partial charge on any atom is -0.497 e. The van der Waals surface area contributed by atoms with Gasteiger partial charge >= 0.3 is 0 Å². The molecule has 4 heteroatoms. The lowest BCUT2D eigenvalue weighted by molar-refractivity contribution is 0.415. The predicted octanol–water partition coefficient (Wildman–Crippen LogP) is 3.20.